The van der Waals surface area contributed by atoms with Crippen LogP contribution in [0.25, 0.3) is 0 Å². The Labute approximate surface area is 126 Å². The molecular formula is C14H14ClFN2O3. The predicted octanol–water partition coefficient (Wildman–Crippen LogP) is 1.77. The Morgan fingerprint density at radius 3 is 3.05 bits per heavy atom. The monoisotopic (exact) mass is 312 g/mol. The van der Waals surface area contributed by atoms with Crippen LogP contribution in [0.15, 0.2) is 30.0 Å². The molecule has 1 aliphatic carbocycles. The first-order valence-electron chi connectivity index (χ1n) is 6.35. The van der Waals surface area contributed by atoms with Crippen LogP contribution in [0.3, 0.4) is 0 Å². The second-order valence-corrected chi connectivity index (χ2v) is 4.97. The summed E-state index contributed by atoms with van der Waals surface area (Å²) in [5.41, 5.74) is 0.741. The van der Waals surface area contributed by atoms with Crippen molar-refractivity contribution in [2.75, 3.05) is 6.61 Å². The van der Waals surface area contributed by atoms with Gasteiger partial charge in [-0.2, -0.15) is 0 Å². The van der Waals surface area contributed by atoms with E-state index in [1.54, 1.807) is 0 Å². The fraction of sp³-hybridized carbons (Fsp3) is 0.286. The molecule has 0 spiro atoms. The average molecular weight is 313 g/mol. The lowest BCUT2D eigenvalue weighted by Gasteiger charge is -2.10. The van der Waals surface area contributed by atoms with Crippen molar-refractivity contribution in [2.24, 2.45) is 0 Å². The smallest absolute Gasteiger partial charge is 0.262 e. The van der Waals surface area contributed by atoms with Crippen molar-refractivity contribution in [3.05, 3.63) is 40.8 Å². The van der Waals surface area contributed by atoms with Crippen molar-refractivity contribution >= 4 is 23.9 Å². The predicted molar refractivity (Wildman–Crippen MR) is 75.4 cm³/mol. The lowest BCUT2D eigenvalue weighted by Crippen LogP contribution is -2.30. The molecule has 1 aromatic rings. The molecule has 0 saturated heterocycles. The molecule has 0 aromatic heterocycles. The minimum atomic E-state index is -0.601. The van der Waals surface area contributed by atoms with Crippen molar-refractivity contribution < 1.29 is 18.7 Å². The SMILES string of the molecule is O=CNC1CC=C(NC(=O)COc2ccc(Cl)c(F)c2)C1. The molecule has 0 heterocycles. The Bertz CT molecular complexity index is 577. The first-order valence-corrected chi connectivity index (χ1v) is 6.72. The summed E-state index contributed by atoms with van der Waals surface area (Å²) in [6, 6.07) is 3.98. The molecule has 21 heavy (non-hydrogen) atoms. The van der Waals surface area contributed by atoms with Gasteiger partial charge in [0.1, 0.15) is 11.6 Å². The maximum atomic E-state index is 13.2. The molecule has 5 nitrogen and oxygen atoms in total. The molecule has 0 bridgehead atoms. The molecule has 2 amide bonds. The Hall–Kier alpha value is -2.08. The fourth-order valence-electron chi connectivity index (χ4n) is 1.97. The highest BCUT2D eigenvalue weighted by molar-refractivity contribution is 6.30. The molecule has 0 saturated carbocycles. The Morgan fingerprint density at radius 1 is 1.52 bits per heavy atom. The van der Waals surface area contributed by atoms with Crippen LogP contribution in [-0.2, 0) is 9.59 Å². The lowest BCUT2D eigenvalue weighted by molar-refractivity contribution is -0.122. The number of hydrogen-bond donors (Lipinski definition) is 2. The molecular weight excluding hydrogens is 299 g/mol. The highest BCUT2D eigenvalue weighted by Crippen LogP contribution is 2.20. The van der Waals surface area contributed by atoms with E-state index in [-0.39, 0.29) is 29.3 Å². The average Bonchev–Trinajstić information content (AvgIpc) is 2.88. The van der Waals surface area contributed by atoms with Gasteiger partial charge in [0.2, 0.25) is 6.41 Å². The number of carbonyl (C=O) groups excluding carboxylic acids is 2. The first kappa shape index (κ1) is 15.3. The zero-order valence-corrected chi connectivity index (χ0v) is 11.8. The van der Waals surface area contributed by atoms with E-state index >= 15 is 0 Å². The van der Waals surface area contributed by atoms with Crippen molar-refractivity contribution in [1.82, 2.24) is 10.6 Å². The number of nitrogens with one attached hydrogen (secondary N) is 2. The molecule has 0 fully saturated rings. The zero-order chi connectivity index (χ0) is 15.2. The molecule has 2 rings (SSSR count). The van der Waals surface area contributed by atoms with Crippen LogP contribution in [0.4, 0.5) is 4.39 Å². The molecule has 0 aliphatic heterocycles. The number of carbonyl (C=O) groups is 2. The molecule has 1 aromatic carbocycles. The highest BCUT2D eigenvalue weighted by atomic mass is 35.5. The quantitative estimate of drug-likeness (QED) is 0.787. The van der Waals surface area contributed by atoms with Gasteiger partial charge < -0.3 is 15.4 Å². The van der Waals surface area contributed by atoms with Gasteiger partial charge in [-0.15, -0.1) is 0 Å². The number of ether oxygens (including phenoxy) is 1. The fourth-order valence-corrected chi connectivity index (χ4v) is 2.09. The topological polar surface area (TPSA) is 67.4 Å². The van der Waals surface area contributed by atoms with E-state index in [1.165, 1.54) is 12.1 Å². The van der Waals surface area contributed by atoms with Gasteiger partial charge in [0.25, 0.3) is 5.91 Å². The molecule has 1 unspecified atom stereocenters. The normalized spacial score (nSPS) is 17.0. The second-order valence-electron chi connectivity index (χ2n) is 4.56. The molecule has 1 aliphatic rings. The summed E-state index contributed by atoms with van der Waals surface area (Å²) in [5, 5.41) is 5.33. The molecule has 7 heteroatoms. The number of rotatable bonds is 6. The van der Waals surface area contributed by atoms with Crippen LogP contribution >= 0.6 is 11.6 Å². The van der Waals surface area contributed by atoms with Gasteiger partial charge >= 0.3 is 0 Å². The van der Waals surface area contributed by atoms with E-state index in [9.17, 15) is 14.0 Å². The largest absolute Gasteiger partial charge is 0.484 e. The second kappa shape index (κ2) is 7.08. The number of halogens is 2. The zero-order valence-electron chi connectivity index (χ0n) is 11.1. The van der Waals surface area contributed by atoms with Crippen LogP contribution in [-0.4, -0.2) is 25.0 Å². The summed E-state index contributed by atoms with van der Waals surface area (Å²) in [4.78, 5) is 22.0. The van der Waals surface area contributed by atoms with Crippen molar-refractivity contribution in [1.29, 1.82) is 0 Å². The summed E-state index contributed by atoms with van der Waals surface area (Å²) in [7, 11) is 0. The highest BCUT2D eigenvalue weighted by Gasteiger charge is 2.17. The number of hydrogen-bond acceptors (Lipinski definition) is 3. The maximum Gasteiger partial charge on any atom is 0.262 e. The van der Waals surface area contributed by atoms with Gasteiger partial charge in [-0.05, 0) is 18.6 Å². The van der Waals surface area contributed by atoms with Crippen molar-refractivity contribution in [2.45, 2.75) is 18.9 Å². The van der Waals surface area contributed by atoms with Crippen LogP contribution in [0.1, 0.15) is 12.8 Å². The Kier molecular flexibility index (Phi) is 5.16. The van der Waals surface area contributed by atoms with E-state index in [1.807, 2.05) is 6.08 Å². The lowest BCUT2D eigenvalue weighted by atomic mass is 10.2. The summed E-state index contributed by atoms with van der Waals surface area (Å²) in [5.74, 6) is -0.716. The summed E-state index contributed by atoms with van der Waals surface area (Å²) in [6.07, 6.45) is 3.74. The number of benzene rings is 1. The minimum absolute atomic E-state index is 0.00312. The first-order chi connectivity index (χ1) is 10.1. The van der Waals surface area contributed by atoms with Crippen molar-refractivity contribution in [3.63, 3.8) is 0 Å². The van der Waals surface area contributed by atoms with Gasteiger partial charge in [0.15, 0.2) is 6.61 Å². The standard InChI is InChI=1S/C14H14ClFN2O3/c15-12-4-3-11(6-13(12)16)21-7-14(20)18-10-2-1-9(5-10)17-8-19/h2-4,6,8-9H,1,5,7H2,(H,17,19)(H,18,20). The summed E-state index contributed by atoms with van der Waals surface area (Å²) < 4.78 is 18.4. The molecule has 0 radical (unpaired) electrons. The van der Waals surface area contributed by atoms with E-state index in [2.05, 4.69) is 10.6 Å². The third-order valence-corrected chi connectivity index (χ3v) is 3.29. The van der Waals surface area contributed by atoms with Crippen molar-refractivity contribution in [3.8, 4) is 5.75 Å². The maximum absolute atomic E-state index is 13.2. The van der Waals surface area contributed by atoms with Crippen LogP contribution in [0.2, 0.25) is 5.02 Å². The molecule has 112 valence electrons. The van der Waals surface area contributed by atoms with E-state index in [0.29, 0.717) is 19.3 Å². The molecule has 2 N–H and O–H groups in total. The van der Waals surface area contributed by atoms with Gasteiger partial charge in [0, 0.05) is 24.2 Å². The van der Waals surface area contributed by atoms with Gasteiger partial charge in [-0.1, -0.05) is 17.7 Å². The van der Waals surface area contributed by atoms with E-state index < -0.39 is 5.82 Å². The minimum Gasteiger partial charge on any atom is -0.484 e. The third kappa shape index (κ3) is 4.46. The van der Waals surface area contributed by atoms with Gasteiger partial charge in [-0.25, -0.2) is 4.39 Å². The van der Waals surface area contributed by atoms with Crippen LogP contribution in [0, 0.1) is 5.82 Å². The van der Waals surface area contributed by atoms with Gasteiger partial charge in [-0.3, -0.25) is 9.59 Å². The van der Waals surface area contributed by atoms with Gasteiger partial charge in [0.05, 0.1) is 5.02 Å². The molecule has 1 atom stereocenters. The van der Waals surface area contributed by atoms with E-state index in [0.717, 1.165) is 11.8 Å². The Morgan fingerprint density at radius 2 is 2.33 bits per heavy atom. The van der Waals surface area contributed by atoms with E-state index in [4.69, 9.17) is 16.3 Å². The van der Waals surface area contributed by atoms with Crippen LogP contribution < -0.4 is 15.4 Å². The third-order valence-electron chi connectivity index (χ3n) is 2.98. The summed E-state index contributed by atoms with van der Waals surface area (Å²) in [6.45, 7) is -0.232. The Balaban J connectivity index is 1.77. The summed E-state index contributed by atoms with van der Waals surface area (Å²) >= 11 is 5.55. The number of amides is 2. The van der Waals surface area contributed by atoms with Crippen LogP contribution in [0.5, 0.6) is 5.75 Å².